The molecule has 1 atom stereocenters. The minimum Gasteiger partial charge on any atom is -0.302 e. The Hall–Kier alpha value is -0.540. The van der Waals surface area contributed by atoms with Gasteiger partial charge in [-0.15, -0.1) is 0 Å². The summed E-state index contributed by atoms with van der Waals surface area (Å²) in [5.41, 5.74) is 1.32. The first-order chi connectivity index (χ1) is 7.63. The quantitative estimate of drug-likeness (QED) is 0.767. The average molecular weight is 238 g/mol. The largest absolute Gasteiger partial charge is 0.302 e. The Morgan fingerprint density at radius 2 is 1.94 bits per heavy atom. The molecule has 0 bridgehead atoms. The van der Waals surface area contributed by atoms with Crippen molar-refractivity contribution in [3.8, 4) is 0 Å². The summed E-state index contributed by atoms with van der Waals surface area (Å²) >= 11 is 4.42. The molecule has 0 saturated heterocycles. The number of aromatic nitrogens is 1. The third-order valence-corrected chi connectivity index (χ3v) is 3.39. The summed E-state index contributed by atoms with van der Waals surface area (Å²) in [5, 5.41) is 0. The first-order valence-corrected chi connectivity index (χ1v) is 6.45. The Bertz CT molecular complexity index is 287. The van der Waals surface area contributed by atoms with Crippen LogP contribution in [-0.4, -0.2) is 29.2 Å². The van der Waals surface area contributed by atoms with E-state index >= 15 is 0 Å². The van der Waals surface area contributed by atoms with Crippen molar-refractivity contribution in [1.82, 2.24) is 9.88 Å². The topological polar surface area (TPSA) is 16.1 Å². The molecule has 1 heterocycles. The summed E-state index contributed by atoms with van der Waals surface area (Å²) < 4.78 is 0. The average Bonchev–Trinajstić information content (AvgIpc) is 2.27. The molecule has 0 aliphatic carbocycles. The monoisotopic (exact) mass is 238 g/mol. The minimum absolute atomic E-state index is 0.662. The maximum Gasteiger partial charge on any atom is 0.0271 e. The zero-order valence-corrected chi connectivity index (χ0v) is 11.3. The number of rotatable bonds is 6. The van der Waals surface area contributed by atoms with E-state index in [0.717, 1.165) is 18.8 Å². The molecule has 0 aliphatic heterocycles. The van der Waals surface area contributed by atoms with Gasteiger partial charge in [0.15, 0.2) is 0 Å². The number of hydrogen-bond donors (Lipinski definition) is 1. The smallest absolute Gasteiger partial charge is 0.0271 e. The minimum atomic E-state index is 0.662. The van der Waals surface area contributed by atoms with E-state index in [4.69, 9.17) is 0 Å². The van der Waals surface area contributed by atoms with Crippen molar-refractivity contribution >= 4 is 12.6 Å². The van der Waals surface area contributed by atoms with Crippen LogP contribution in [0.15, 0.2) is 24.5 Å². The zero-order valence-electron chi connectivity index (χ0n) is 10.4. The molecule has 0 N–H and O–H groups in total. The van der Waals surface area contributed by atoms with Crippen LogP contribution in [0.25, 0.3) is 0 Å². The van der Waals surface area contributed by atoms with Crippen LogP contribution < -0.4 is 0 Å². The van der Waals surface area contributed by atoms with Gasteiger partial charge in [-0.1, -0.05) is 13.8 Å². The lowest BCUT2D eigenvalue weighted by Crippen LogP contribution is -2.29. The standard InChI is InChI=1S/C13H22N2S/c1-11(2)13(10-16)9-15(3)8-12-4-6-14-7-5-12/h4-7,11,13,16H,8-10H2,1-3H3. The van der Waals surface area contributed by atoms with E-state index in [-0.39, 0.29) is 0 Å². The highest BCUT2D eigenvalue weighted by atomic mass is 32.1. The lowest BCUT2D eigenvalue weighted by Gasteiger charge is -2.25. The summed E-state index contributed by atoms with van der Waals surface area (Å²) in [5.74, 6) is 2.31. The molecule has 1 aromatic heterocycles. The van der Waals surface area contributed by atoms with Gasteiger partial charge < -0.3 is 4.90 Å². The van der Waals surface area contributed by atoms with E-state index in [2.05, 4.69) is 55.5 Å². The molecule has 0 saturated carbocycles. The Morgan fingerprint density at radius 3 is 2.44 bits per heavy atom. The molecule has 2 nitrogen and oxygen atoms in total. The van der Waals surface area contributed by atoms with Crippen molar-refractivity contribution < 1.29 is 0 Å². The van der Waals surface area contributed by atoms with Gasteiger partial charge in [-0.2, -0.15) is 12.6 Å². The normalized spacial score (nSPS) is 13.4. The fraction of sp³-hybridized carbons (Fsp3) is 0.615. The van der Waals surface area contributed by atoms with Crippen LogP contribution in [0.2, 0.25) is 0 Å². The molecule has 0 amide bonds. The zero-order chi connectivity index (χ0) is 12.0. The van der Waals surface area contributed by atoms with Gasteiger partial charge in [0.25, 0.3) is 0 Å². The Morgan fingerprint density at radius 1 is 1.31 bits per heavy atom. The molecular weight excluding hydrogens is 216 g/mol. The fourth-order valence-electron chi connectivity index (χ4n) is 1.74. The van der Waals surface area contributed by atoms with Crippen LogP contribution in [-0.2, 0) is 6.54 Å². The summed E-state index contributed by atoms with van der Waals surface area (Å²) in [6.07, 6.45) is 3.70. The molecule has 0 aromatic carbocycles. The SMILES string of the molecule is CC(C)C(CS)CN(C)Cc1ccncc1. The lowest BCUT2D eigenvalue weighted by atomic mass is 9.97. The van der Waals surface area contributed by atoms with Gasteiger partial charge in [0.1, 0.15) is 0 Å². The van der Waals surface area contributed by atoms with Gasteiger partial charge >= 0.3 is 0 Å². The molecule has 1 unspecified atom stereocenters. The van der Waals surface area contributed by atoms with Crippen LogP contribution in [0, 0.1) is 11.8 Å². The first kappa shape index (κ1) is 13.5. The predicted octanol–water partition coefficient (Wildman–Crippen LogP) is 2.72. The van der Waals surface area contributed by atoms with Crippen molar-refractivity contribution in [3.63, 3.8) is 0 Å². The third kappa shape index (κ3) is 4.54. The van der Waals surface area contributed by atoms with Gasteiger partial charge in [-0.05, 0) is 42.3 Å². The van der Waals surface area contributed by atoms with Crippen molar-refractivity contribution in [1.29, 1.82) is 0 Å². The predicted molar refractivity (Wildman–Crippen MR) is 72.8 cm³/mol. The molecule has 0 fully saturated rings. The summed E-state index contributed by atoms with van der Waals surface area (Å²) in [6, 6.07) is 4.14. The Balaban J connectivity index is 2.44. The molecule has 0 aliphatic rings. The van der Waals surface area contributed by atoms with Crippen LogP contribution in [0.4, 0.5) is 0 Å². The Labute approximate surface area is 104 Å². The second-order valence-corrected chi connectivity index (χ2v) is 5.10. The van der Waals surface area contributed by atoms with E-state index in [9.17, 15) is 0 Å². The van der Waals surface area contributed by atoms with Crippen LogP contribution in [0.1, 0.15) is 19.4 Å². The molecule has 90 valence electrons. The van der Waals surface area contributed by atoms with Gasteiger partial charge in [0, 0.05) is 25.5 Å². The molecule has 16 heavy (non-hydrogen) atoms. The highest BCUT2D eigenvalue weighted by Gasteiger charge is 2.13. The maximum absolute atomic E-state index is 4.42. The second-order valence-electron chi connectivity index (χ2n) is 4.74. The summed E-state index contributed by atoms with van der Waals surface area (Å²) in [7, 11) is 2.17. The van der Waals surface area contributed by atoms with Gasteiger partial charge in [0.2, 0.25) is 0 Å². The highest BCUT2D eigenvalue weighted by molar-refractivity contribution is 7.80. The van der Waals surface area contributed by atoms with E-state index in [1.165, 1.54) is 5.56 Å². The number of thiol groups is 1. The summed E-state index contributed by atoms with van der Waals surface area (Å²) in [4.78, 5) is 6.38. The van der Waals surface area contributed by atoms with Crippen LogP contribution >= 0.6 is 12.6 Å². The van der Waals surface area contributed by atoms with Crippen molar-refractivity contribution in [2.75, 3.05) is 19.3 Å². The van der Waals surface area contributed by atoms with Crippen molar-refractivity contribution in [2.24, 2.45) is 11.8 Å². The lowest BCUT2D eigenvalue weighted by molar-refractivity contribution is 0.246. The number of nitrogens with zero attached hydrogens (tertiary/aromatic N) is 2. The Kier molecular flexibility index (Phi) is 5.85. The molecule has 0 spiro atoms. The van der Waals surface area contributed by atoms with Gasteiger partial charge in [-0.3, -0.25) is 4.98 Å². The van der Waals surface area contributed by atoms with E-state index in [1.807, 2.05) is 12.4 Å². The van der Waals surface area contributed by atoms with Crippen LogP contribution in [0.3, 0.4) is 0 Å². The first-order valence-electron chi connectivity index (χ1n) is 5.81. The molecule has 1 rings (SSSR count). The second kappa shape index (κ2) is 6.92. The van der Waals surface area contributed by atoms with Gasteiger partial charge in [0.05, 0.1) is 0 Å². The van der Waals surface area contributed by atoms with Gasteiger partial charge in [-0.25, -0.2) is 0 Å². The summed E-state index contributed by atoms with van der Waals surface area (Å²) in [6.45, 7) is 6.62. The van der Waals surface area contributed by atoms with E-state index in [0.29, 0.717) is 11.8 Å². The number of pyridine rings is 1. The molecule has 1 aromatic rings. The van der Waals surface area contributed by atoms with Crippen LogP contribution in [0.5, 0.6) is 0 Å². The fourth-order valence-corrected chi connectivity index (χ4v) is 2.28. The molecule has 0 radical (unpaired) electrons. The van der Waals surface area contributed by atoms with Crippen molar-refractivity contribution in [3.05, 3.63) is 30.1 Å². The van der Waals surface area contributed by atoms with E-state index in [1.54, 1.807) is 0 Å². The third-order valence-electron chi connectivity index (χ3n) is 2.93. The maximum atomic E-state index is 4.42. The highest BCUT2D eigenvalue weighted by Crippen LogP contribution is 2.14. The van der Waals surface area contributed by atoms with E-state index < -0.39 is 0 Å². The molecular formula is C13H22N2S. The molecule has 3 heteroatoms. The van der Waals surface area contributed by atoms with Crippen molar-refractivity contribution in [2.45, 2.75) is 20.4 Å². The number of hydrogen-bond acceptors (Lipinski definition) is 3.